The van der Waals surface area contributed by atoms with E-state index in [4.69, 9.17) is 4.74 Å². The first-order valence-corrected chi connectivity index (χ1v) is 6.95. The lowest BCUT2D eigenvalue weighted by atomic mass is 10.1. The van der Waals surface area contributed by atoms with Crippen LogP contribution >= 0.6 is 0 Å². The number of carbonyl (C=O) groups excluding carboxylic acids is 2. The molecule has 1 aliphatic heterocycles. The van der Waals surface area contributed by atoms with Crippen molar-refractivity contribution in [3.8, 4) is 0 Å². The molecule has 0 aromatic rings. The van der Waals surface area contributed by atoms with Gasteiger partial charge in [0.05, 0.1) is 18.2 Å². The van der Waals surface area contributed by atoms with Crippen LogP contribution in [0.5, 0.6) is 0 Å². The average Bonchev–Trinajstić information content (AvgIpc) is 2.97. The van der Waals surface area contributed by atoms with E-state index in [9.17, 15) is 9.59 Å². The first-order valence-electron chi connectivity index (χ1n) is 6.95. The molecule has 5 heteroatoms. The SMILES string of the molecule is C=CC(=O)N(CC)CC(=O)NC1(C2CCCO2)CC1. The Balaban J connectivity index is 1.87. The summed E-state index contributed by atoms with van der Waals surface area (Å²) < 4.78 is 5.67. The number of carbonyl (C=O) groups is 2. The Hall–Kier alpha value is -1.36. The van der Waals surface area contributed by atoms with Crippen LogP contribution in [0.15, 0.2) is 12.7 Å². The molecule has 1 heterocycles. The highest BCUT2D eigenvalue weighted by Crippen LogP contribution is 2.43. The molecule has 5 nitrogen and oxygen atoms in total. The number of amides is 2. The molecule has 1 aliphatic carbocycles. The average molecular weight is 266 g/mol. The van der Waals surface area contributed by atoms with Gasteiger partial charge in [-0.05, 0) is 38.7 Å². The van der Waals surface area contributed by atoms with Crippen LogP contribution < -0.4 is 5.32 Å². The Labute approximate surface area is 114 Å². The molecule has 0 spiro atoms. The molecule has 0 radical (unpaired) electrons. The minimum absolute atomic E-state index is 0.0931. The Bertz CT molecular complexity index is 371. The van der Waals surface area contributed by atoms with Gasteiger partial charge in [-0.3, -0.25) is 9.59 Å². The van der Waals surface area contributed by atoms with Gasteiger partial charge >= 0.3 is 0 Å². The van der Waals surface area contributed by atoms with Crippen molar-refractivity contribution >= 4 is 11.8 Å². The van der Waals surface area contributed by atoms with Gasteiger partial charge in [0.1, 0.15) is 0 Å². The summed E-state index contributed by atoms with van der Waals surface area (Å²) in [4.78, 5) is 25.0. The number of rotatable bonds is 6. The van der Waals surface area contributed by atoms with Crippen molar-refractivity contribution in [1.82, 2.24) is 10.2 Å². The van der Waals surface area contributed by atoms with Crippen molar-refractivity contribution in [1.29, 1.82) is 0 Å². The highest BCUT2D eigenvalue weighted by Gasteiger charge is 2.52. The van der Waals surface area contributed by atoms with Crippen molar-refractivity contribution in [2.24, 2.45) is 0 Å². The van der Waals surface area contributed by atoms with Crippen molar-refractivity contribution in [2.45, 2.75) is 44.2 Å². The normalized spacial score (nSPS) is 23.7. The van der Waals surface area contributed by atoms with Gasteiger partial charge in [0.2, 0.25) is 11.8 Å². The summed E-state index contributed by atoms with van der Waals surface area (Å²) in [6.45, 7) is 6.68. The molecule has 106 valence electrons. The lowest BCUT2D eigenvalue weighted by molar-refractivity contribution is -0.133. The van der Waals surface area contributed by atoms with E-state index in [-0.39, 0.29) is 30.0 Å². The molecule has 1 N–H and O–H groups in total. The largest absolute Gasteiger partial charge is 0.376 e. The third-order valence-electron chi connectivity index (χ3n) is 3.93. The third-order valence-corrected chi connectivity index (χ3v) is 3.93. The summed E-state index contributed by atoms with van der Waals surface area (Å²) in [5.41, 5.74) is -0.162. The number of hydrogen-bond acceptors (Lipinski definition) is 3. The molecule has 2 rings (SSSR count). The zero-order valence-electron chi connectivity index (χ0n) is 11.5. The van der Waals surface area contributed by atoms with Crippen molar-refractivity contribution in [3.05, 3.63) is 12.7 Å². The smallest absolute Gasteiger partial charge is 0.246 e. The third kappa shape index (κ3) is 3.15. The first-order chi connectivity index (χ1) is 9.11. The summed E-state index contributed by atoms with van der Waals surface area (Å²) in [5.74, 6) is -0.315. The van der Waals surface area contributed by atoms with Crippen LogP contribution in [-0.4, -0.2) is 48.1 Å². The number of nitrogens with one attached hydrogen (secondary N) is 1. The lowest BCUT2D eigenvalue weighted by Crippen LogP contribution is -2.49. The Kier molecular flexibility index (Phi) is 4.24. The second kappa shape index (κ2) is 5.74. The van der Waals surface area contributed by atoms with Crippen molar-refractivity contribution in [3.63, 3.8) is 0 Å². The van der Waals surface area contributed by atoms with Gasteiger partial charge in [-0.1, -0.05) is 6.58 Å². The first kappa shape index (κ1) is 14.1. The topological polar surface area (TPSA) is 58.6 Å². The summed E-state index contributed by atoms with van der Waals surface area (Å²) in [6.07, 6.45) is 5.43. The van der Waals surface area contributed by atoms with Crippen molar-refractivity contribution < 1.29 is 14.3 Å². The van der Waals surface area contributed by atoms with E-state index in [1.165, 1.54) is 11.0 Å². The summed E-state index contributed by atoms with van der Waals surface area (Å²) >= 11 is 0. The zero-order valence-corrected chi connectivity index (χ0v) is 11.5. The second-order valence-electron chi connectivity index (χ2n) is 5.26. The molecule has 1 atom stereocenters. The highest BCUT2D eigenvalue weighted by atomic mass is 16.5. The zero-order chi connectivity index (χ0) is 13.9. The van der Waals surface area contributed by atoms with Crippen LogP contribution in [0, 0.1) is 0 Å². The highest BCUT2D eigenvalue weighted by molar-refractivity contribution is 5.91. The summed E-state index contributed by atoms with van der Waals surface area (Å²) in [5, 5.41) is 3.06. The van der Waals surface area contributed by atoms with E-state index < -0.39 is 0 Å². The van der Waals surface area contributed by atoms with Crippen LogP contribution in [0.1, 0.15) is 32.6 Å². The molecule has 0 bridgehead atoms. The van der Waals surface area contributed by atoms with Crippen LogP contribution in [0.4, 0.5) is 0 Å². The summed E-state index contributed by atoms with van der Waals surface area (Å²) in [7, 11) is 0. The molecule has 2 fully saturated rings. The molecule has 1 saturated carbocycles. The van der Waals surface area contributed by atoms with Crippen molar-refractivity contribution in [2.75, 3.05) is 19.7 Å². The Morgan fingerprint density at radius 1 is 1.53 bits per heavy atom. The van der Waals surface area contributed by atoms with Gasteiger partial charge in [-0.25, -0.2) is 0 Å². The fourth-order valence-electron chi connectivity index (χ4n) is 2.64. The Morgan fingerprint density at radius 3 is 2.74 bits per heavy atom. The van der Waals surface area contributed by atoms with Gasteiger partial charge in [0.15, 0.2) is 0 Å². The minimum Gasteiger partial charge on any atom is -0.376 e. The number of ether oxygens (including phenoxy) is 1. The lowest BCUT2D eigenvalue weighted by Gasteiger charge is -2.25. The van der Waals surface area contributed by atoms with Gasteiger partial charge in [-0.15, -0.1) is 0 Å². The monoisotopic (exact) mass is 266 g/mol. The summed E-state index contributed by atoms with van der Waals surface area (Å²) in [6, 6.07) is 0. The fourth-order valence-corrected chi connectivity index (χ4v) is 2.64. The molecule has 19 heavy (non-hydrogen) atoms. The van der Waals surface area contributed by atoms with E-state index >= 15 is 0 Å². The van der Waals surface area contributed by atoms with E-state index in [1.807, 2.05) is 6.92 Å². The van der Waals surface area contributed by atoms with Gasteiger partial charge in [-0.2, -0.15) is 0 Å². The molecule has 1 saturated heterocycles. The van der Waals surface area contributed by atoms with Crippen LogP contribution in [0.25, 0.3) is 0 Å². The standard InChI is InChI=1S/C14H22N2O3/c1-3-13(18)16(4-2)10-12(17)15-14(7-8-14)11-6-5-9-19-11/h3,11H,1,4-10H2,2H3,(H,15,17). The van der Waals surface area contributed by atoms with E-state index in [2.05, 4.69) is 11.9 Å². The fraction of sp³-hybridized carbons (Fsp3) is 0.714. The maximum atomic E-state index is 12.1. The van der Waals surface area contributed by atoms with E-state index in [1.54, 1.807) is 0 Å². The van der Waals surface area contributed by atoms with Gasteiger partial charge in [0, 0.05) is 13.2 Å². The molecule has 0 aromatic carbocycles. The predicted molar refractivity (Wildman–Crippen MR) is 71.5 cm³/mol. The minimum atomic E-state index is -0.209. The van der Waals surface area contributed by atoms with Gasteiger partial charge < -0.3 is 15.0 Å². The van der Waals surface area contributed by atoms with Gasteiger partial charge in [0.25, 0.3) is 0 Å². The predicted octanol–water partition coefficient (Wildman–Crippen LogP) is 0.849. The number of likely N-dealkylation sites (N-methyl/N-ethyl adjacent to an activating group) is 1. The molecular weight excluding hydrogens is 244 g/mol. The van der Waals surface area contributed by atoms with E-state index in [0.29, 0.717) is 6.54 Å². The molecular formula is C14H22N2O3. The van der Waals surface area contributed by atoms with Crippen LogP contribution in [0.3, 0.4) is 0 Å². The van der Waals surface area contributed by atoms with Crippen LogP contribution in [-0.2, 0) is 14.3 Å². The Morgan fingerprint density at radius 2 is 2.26 bits per heavy atom. The maximum absolute atomic E-state index is 12.1. The number of hydrogen-bond donors (Lipinski definition) is 1. The maximum Gasteiger partial charge on any atom is 0.246 e. The number of nitrogens with zero attached hydrogens (tertiary/aromatic N) is 1. The molecule has 1 unspecified atom stereocenters. The van der Waals surface area contributed by atoms with E-state index in [0.717, 1.165) is 32.3 Å². The molecule has 2 amide bonds. The second-order valence-corrected chi connectivity index (χ2v) is 5.26. The molecule has 0 aromatic heterocycles. The quantitative estimate of drug-likeness (QED) is 0.725. The van der Waals surface area contributed by atoms with Crippen LogP contribution in [0.2, 0.25) is 0 Å². The molecule has 2 aliphatic rings.